The van der Waals surface area contributed by atoms with Crippen LogP contribution in [0, 0.1) is 5.92 Å². The Hall–Kier alpha value is -3.51. The first-order chi connectivity index (χ1) is 19.5. The number of carboxylic acid groups (broad SMARTS) is 1. The maximum atomic E-state index is 11.8. The third kappa shape index (κ3) is 8.26. The highest BCUT2D eigenvalue weighted by atomic mass is 16.5. The Morgan fingerprint density at radius 1 is 0.902 bits per heavy atom. The maximum Gasteiger partial charge on any atom is 0.335 e. The normalized spacial score (nSPS) is 13.4. The van der Waals surface area contributed by atoms with Gasteiger partial charge in [-0.3, -0.25) is 0 Å². The van der Waals surface area contributed by atoms with Crippen LogP contribution in [-0.4, -0.2) is 41.0 Å². The molecule has 0 aromatic heterocycles. The molecule has 4 aromatic carbocycles. The number of rotatable bonds is 13. The molecule has 0 radical (unpaired) electrons. The Morgan fingerprint density at radius 3 is 2.34 bits per heavy atom. The zero-order chi connectivity index (χ0) is 29.6. The first-order valence-electron chi connectivity index (χ1n) is 14.5. The Morgan fingerprint density at radius 2 is 1.61 bits per heavy atom. The lowest BCUT2D eigenvalue weighted by Crippen LogP contribution is -2.46. The van der Waals surface area contributed by atoms with E-state index >= 15 is 0 Å². The van der Waals surface area contributed by atoms with Gasteiger partial charge < -0.3 is 20.3 Å². The number of β-amino-alcohol motifs (C(OH)–C–C–N with tert-alkyl or cyclic N) is 1. The molecular formula is C36H43NO4. The van der Waals surface area contributed by atoms with E-state index in [1.165, 1.54) is 16.3 Å². The second-order valence-electron chi connectivity index (χ2n) is 12.1. The third-order valence-electron chi connectivity index (χ3n) is 7.49. The van der Waals surface area contributed by atoms with E-state index in [-0.39, 0.29) is 18.2 Å². The SMILES string of the molecule is CC(C)Cc1cc(-c2ccccc2C(C)OC[C@@H](O)CNC(C)(C)Cc2ccc3ccccc3c2)ccc1C(=O)O. The molecule has 216 valence electrons. The maximum absolute atomic E-state index is 11.8. The van der Waals surface area contributed by atoms with Gasteiger partial charge in [0.25, 0.3) is 0 Å². The van der Waals surface area contributed by atoms with Crippen LogP contribution in [0.15, 0.2) is 84.9 Å². The smallest absolute Gasteiger partial charge is 0.335 e. The van der Waals surface area contributed by atoms with Crippen molar-refractivity contribution >= 4 is 16.7 Å². The summed E-state index contributed by atoms with van der Waals surface area (Å²) >= 11 is 0. The molecule has 2 atom stereocenters. The molecule has 5 heteroatoms. The molecule has 0 aliphatic heterocycles. The van der Waals surface area contributed by atoms with Gasteiger partial charge in [0, 0.05) is 12.1 Å². The summed E-state index contributed by atoms with van der Waals surface area (Å²) in [6.07, 6.45) is 0.626. The van der Waals surface area contributed by atoms with E-state index in [1.807, 2.05) is 43.3 Å². The molecule has 1 unspecified atom stereocenters. The predicted molar refractivity (Wildman–Crippen MR) is 167 cm³/mol. The highest BCUT2D eigenvalue weighted by Crippen LogP contribution is 2.32. The lowest BCUT2D eigenvalue weighted by molar-refractivity contribution is -0.00397. The number of aromatic carboxylic acids is 1. The minimum atomic E-state index is -0.903. The highest BCUT2D eigenvalue weighted by Gasteiger charge is 2.21. The monoisotopic (exact) mass is 553 g/mol. The van der Waals surface area contributed by atoms with Gasteiger partial charge in [0.1, 0.15) is 0 Å². The van der Waals surface area contributed by atoms with Crippen LogP contribution in [0.1, 0.15) is 67.8 Å². The summed E-state index contributed by atoms with van der Waals surface area (Å²) in [5.41, 5.74) is 5.22. The number of carbonyl (C=O) groups is 1. The number of aliphatic hydroxyl groups excluding tert-OH is 1. The fraction of sp³-hybridized carbons (Fsp3) is 0.361. The quantitative estimate of drug-likeness (QED) is 0.160. The second-order valence-corrected chi connectivity index (χ2v) is 12.1. The Bertz CT molecular complexity index is 1480. The van der Waals surface area contributed by atoms with Gasteiger partial charge in [0.2, 0.25) is 0 Å². The number of benzene rings is 4. The minimum Gasteiger partial charge on any atom is -0.478 e. The van der Waals surface area contributed by atoms with Gasteiger partial charge in [-0.1, -0.05) is 92.7 Å². The summed E-state index contributed by atoms with van der Waals surface area (Å²) in [6, 6.07) is 28.5. The first-order valence-corrected chi connectivity index (χ1v) is 14.5. The van der Waals surface area contributed by atoms with Crippen molar-refractivity contribution < 1.29 is 19.7 Å². The van der Waals surface area contributed by atoms with Crippen molar-refractivity contribution in [2.75, 3.05) is 13.2 Å². The van der Waals surface area contributed by atoms with E-state index < -0.39 is 12.1 Å². The van der Waals surface area contributed by atoms with E-state index in [0.29, 0.717) is 24.4 Å². The average Bonchev–Trinajstić information content (AvgIpc) is 2.94. The molecular weight excluding hydrogens is 510 g/mol. The van der Waals surface area contributed by atoms with E-state index in [2.05, 4.69) is 75.5 Å². The summed E-state index contributed by atoms with van der Waals surface area (Å²) in [4.78, 5) is 11.8. The molecule has 0 spiro atoms. The van der Waals surface area contributed by atoms with Crippen LogP contribution in [0.25, 0.3) is 21.9 Å². The van der Waals surface area contributed by atoms with Crippen molar-refractivity contribution in [1.82, 2.24) is 5.32 Å². The topological polar surface area (TPSA) is 78.8 Å². The molecule has 0 fully saturated rings. The van der Waals surface area contributed by atoms with E-state index in [4.69, 9.17) is 4.74 Å². The summed E-state index contributed by atoms with van der Waals surface area (Å²) in [5.74, 6) is -0.561. The van der Waals surface area contributed by atoms with Gasteiger partial charge >= 0.3 is 5.97 Å². The Kier molecular flexibility index (Phi) is 9.98. The van der Waals surface area contributed by atoms with Crippen molar-refractivity contribution in [2.45, 2.75) is 65.2 Å². The standard InChI is InChI=1S/C36H43NO4/c1-24(2)18-30-20-29(16-17-34(30)35(39)40)33-13-9-8-12-32(33)25(3)41-23-31(38)22-37-36(4,5)21-26-14-15-27-10-6-7-11-28(27)19-26/h6-17,19-20,24-25,31,37-38H,18,21-23H2,1-5H3,(H,39,40)/t25?,31-/m0/s1. The predicted octanol–water partition coefficient (Wildman–Crippen LogP) is 7.45. The van der Waals surface area contributed by atoms with E-state index in [0.717, 1.165) is 28.7 Å². The number of fused-ring (bicyclic) bond motifs is 1. The van der Waals surface area contributed by atoms with Crippen LogP contribution < -0.4 is 5.32 Å². The number of nitrogens with one attached hydrogen (secondary N) is 1. The molecule has 3 N–H and O–H groups in total. The molecule has 0 amide bonds. The lowest BCUT2D eigenvalue weighted by Gasteiger charge is -2.28. The third-order valence-corrected chi connectivity index (χ3v) is 7.49. The van der Waals surface area contributed by atoms with Crippen LogP contribution in [0.5, 0.6) is 0 Å². The van der Waals surface area contributed by atoms with Crippen LogP contribution in [0.3, 0.4) is 0 Å². The van der Waals surface area contributed by atoms with Gasteiger partial charge in [0.15, 0.2) is 0 Å². The molecule has 0 saturated heterocycles. The Balaban J connectivity index is 1.37. The van der Waals surface area contributed by atoms with Gasteiger partial charge in [0.05, 0.1) is 24.4 Å². The number of hydrogen-bond donors (Lipinski definition) is 3. The van der Waals surface area contributed by atoms with Crippen molar-refractivity contribution in [3.05, 3.63) is 107 Å². The molecule has 0 saturated carbocycles. The van der Waals surface area contributed by atoms with Crippen molar-refractivity contribution in [2.24, 2.45) is 5.92 Å². The van der Waals surface area contributed by atoms with Crippen molar-refractivity contribution in [3.8, 4) is 11.1 Å². The molecule has 0 heterocycles. The van der Waals surface area contributed by atoms with Crippen LogP contribution >= 0.6 is 0 Å². The molecule has 4 aromatic rings. The van der Waals surface area contributed by atoms with Gasteiger partial charge in [-0.2, -0.15) is 0 Å². The zero-order valence-corrected chi connectivity index (χ0v) is 24.9. The number of ether oxygens (including phenoxy) is 1. The lowest BCUT2D eigenvalue weighted by atomic mass is 9.91. The minimum absolute atomic E-state index is 0.197. The van der Waals surface area contributed by atoms with Crippen molar-refractivity contribution in [1.29, 1.82) is 0 Å². The molecule has 5 nitrogen and oxygen atoms in total. The highest BCUT2D eigenvalue weighted by molar-refractivity contribution is 5.90. The van der Waals surface area contributed by atoms with E-state index in [1.54, 1.807) is 6.07 Å². The van der Waals surface area contributed by atoms with Crippen LogP contribution in [-0.2, 0) is 17.6 Å². The number of aliphatic hydroxyl groups is 1. The molecule has 0 aliphatic rings. The first kappa shape index (κ1) is 30.4. The molecule has 41 heavy (non-hydrogen) atoms. The summed E-state index contributed by atoms with van der Waals surface area (Å²) in [5, 5.41) is 26.4. The van der Waals surface area contributed by atoms with Crippen molar-refractivity contribution in [3.63, 3.8) is 0 Å². The van der Waals surface area contributed by atoms with E-state index in [9.17, 15) is 15.0 Å². The second kappa shape index (κ2) is 13.4. The molecule has 4 rings (SSSR count). The fourth-order valence-electron chi connectivity index (χ4n) is 5.41. The summed E-state index contributed by atoms with van der Waals surface area (Å²) < 4.78 is 6.16. The zero-order valence-electron chi connectivity index (χ0n) is 24.9. The van der Waals surface area contributed by atoms with Gasteiger partial charge in [-0.15, -0.1) is 0 Å². The number of carboxylic acids is 1. The number of hydrogen-bond acceptors (Lipinski definition) is 4. The summed E-state index contributed by atoms with van der Waals surface area (Å²) in [6.45, 7) is 11.1. The van der Waals surface area contributed by atoms with Gasteiger partial charge in [-0.05, 0) is 84.2 Å². The van der Waals surface area contributed by atoms with Crippen LogP contribution in [0.4, 0.5) is 0 Å². The summed E-state index contributed by atoms with van der Waals surface area (Å²) in [7, 11) is 0. The Labute approximate surface area is 244 Å². The average molecular weight is 554 g/mol. The molecule has 0 aliphatic carbocycles. The largest absolute Gasteiger partial charge is 0.478 e. The molecule has 0 bridgehead atoms. The fourth-order valence-corrected chi connectivity index (χ4v) is 5.41. The van der Waals surface area contributed by atoms with Gasteiger partial charge in [-0.25, -0.2) is 4.79 Å². The van der Waals surface area contributed by atoms with Crippen LogP contribution in [0.2, 0.25) is 0 Å².